The van der Waals surface area contributed by atoms with Crippen molar-refractivity contribution in [3.8, 4) is 0 Å². The lowest BCUT2D eigenvalue weighted by molar-refractivity contribution is -0.171. The van der Waals surface area contributed by atoms with E-state index in [-0.39, 0.29) is 5.78 Å². The Morgan fingerprint density at radius 3 is 2.39 bits per heavy atom. The summed E-state index contributed by atoms with van der Waals surface area (Å²) in [7, 11) is 0. The fraction of sp³-hybridized carbons (Fsp3) is 0.600. The summed E-state index contributed by atoms with van der Waals surface area (Å²) in [4.78, 5) is 50.2. The summed E-state index contributed by atoms with van der Waals surface area (Å²) in [5, 5.41) is 11.2. The van der Waals surface area contributed by atoms with Crippen molar-refractivity contribution in [2.24, 2.45) is 17.3 Å². The standard InChI is InChI=1S/C25H32O8/c1-7-13(3)21(27)31-12-25(30)16-9-10-24(6)18(19(16)32-23(25)29)15(5)11-17(26)20(24)33-22(28)14(4)8-2/h7-8,11,16,18-20,30H,9-10,12H2,1-6H3. The molecular formula is C25H32O8. The molecule has 1 heterocycles. The van der Waals surface area contributed by atoms with Crippen LogP contribution in [0.15, 0.2) is 34.9 Å². The molecule has 6 unspecified atom stereocenters. The van der Waals surface area contributed by atoms with Crippen LogP contribution in [0, 0.1) is 17.3 Å². The second-order valence-corrected chi connectivity index (χ2v) is 9.52. The molecule has 8 heteroatoms. The molecule has 0 radical (unpaired) electrons. The molecule has 0 amide bonds. The molecule has 3 rings (SSSR count). The number of rotatable bonds is 5. The minimum atomic E-state index is -1.98. The van der Waals surface area contributed by atoms with E-state index in [0.717, 1.165) is 0 Å². The molecule has 0 aromatic rings. The average molecular weight is 461 g/mol. The summed E-state index contributed by atoms with van der Waals surface area (Å²) in [5.41, 5.74) is -1.34. The highest BCUT2D eigenvalue weighted by atomic mass is 16.6. The van der Waals surface area contributed by atoms with Crippen molar-refractivity contribution in [3.63, 3.8) is 0 Å². The van der Waals surface area contributed by atoms with Crippen LogP contribution in [-0.2, 0) is 33.4 Å². The summed E-state index contributed by atoms with van der Waals surface area (Å²) in [6.07, 6.45) is 3.59. The van der Waals surface area contributed by atoms with Crippen molar-refractivity contribution in [2.45, 2.75) is 72.2 Å². The summed E-state index contributed by atoms with van der Waals surface area (Å²) in [6, 6.07) is 0. The number of esters is 3. The monoisotopic (exact) mass is 460 g/mol. The minimum absolute atomic E-state index is 0.308. The zero-order valence-corrected chi connectivity index (χ0v) is 20.0. The van der Waals surface area contributed by atoms with Crippen molar-refractivity contribution in [1.82, 2.24) is 0 Å². The van der Waals surface area contributed by atoms with E-state index in [2.05, 4.69) is 0 Å². The van der Waals surface area contributed by atoms with Crippen molar-refractivity contribution in [3.05, 3.63) is 34.9 Å². The summed E-state index contributed by atoms with van der Waals surface area (Å²) in [6.45, 7) is 9.71. The van der Waals surface area contributed by atoms with Crippen LogP contribution in [0.5, 0.6) is 0 Å². The van der Waals surface area contributed by atoms with Gasteiger partial charge in [-0.05, 0) is 53.5 Å². The Balaban J connectivity index is 1.91. The number of ketones is 1. The van der Waals surface area contributed by atoms with Crippen LogP contribution in [-0.4, -0.2) is 53.2 Å². The predicted octanol–water partition coefficient (Wildman–Crippen LogP) is 2.59. The first-order valence-electron chi connectivity index (χ1n) is 11.2. The molecule has 180 valence electrons. The Hall–Kier alpha value is -2.74. The Bertz CT molecular complexity index is 973. The van der Waals surface area contributed by atoms with Crippen LogP contribution in [0.2, 0.25) is 0 Å². The van der Waals surface area contributed by atoms with Gasteiger partial charge < -0.3 is 19.3 Å². The lowest BCUT2D eigenvalue weighted by Crippen LogP contribution is -2.59. The van der Waals surface area contributed by atoms with E-state index in [4.69, 9.17) is 14.2 Å². The number of hydrogen-bond donors (Lipinski definition) is 1. The molecule has 0 spiro atoms. The van der Waals surface area contributed by atoms with Crippen molar-refractivity contribution < 1.29 is 38.5 Å². The molecule has 3 aliphatic rings. The molecule has 1 saturated heterocycles. The van der Waals surface area contributed by atoms with Crippen LogP contribution in [0.1, 0.15) is 54.4 Å². The van der Waals surface area contributed by atoms with Gasteiger partial charge in [0.05, 0.1) is 0 Å². The number of aliphatic hydroxyl groups is 1. The van der Waals surface area contributed by atoms with Gasteiger partial charge in [0.15, 0.2) is 11.9 Å². The number of ether oxygens (including phenoxy) is 3. The molecule has 1 aliphatic heterocycles. The number of hydrogen-bond acceptors (Lipinski definition) is 8. The first-order valence-corrected chi connectivity index (χ1v) is 11.2. The number of carbonyl (C=O) groups is 4. The third-order valence-corrected chi connectivity index (χ3v) is 7.52. The molecule has 0 aromatic heterocycles. The third-order valence-electron chi connectivity index (χ3n) is 7.52. The van der Waals surface area contributed by atoms with Gasteiger partial charge in [-0.2, -0.15) is 0 Å². The van der Waals surface area contributed by atoms with E-state index in [9.17, 15) is 24.3 Å². The maximum Gasteiger partial charge on any atom is 0.342 e. The Morgan fingerprint density at radius 1 is 1.18 bits per heavy atom. The molecule has 0 bridgehead atoms. The van der Waals surface area contributed by atoms with E-state index in [1.54, 1.807) is 46.8 Å². The minimum Gasteiger partial charge on any atom is -0.459 e. The average Bonchev–Trinajstić information content (AvgIpc) is 3.02. The van der Waals surface area contributed by atoms with Crippen molar-refractivity contribution in [1.29, 1.82) is 0 Å². The maximum atomic E-state index is 12.9. The molecule has 1 N–H and O–H groups in total. The zero-order valence-electron chi connectivity index (χ0n) is 20.0. The van der Waals surface area contributed by atoms with Crippen molar-refractivity contribution in [2.75, 3.05) is 6.61 Å². The summed E-state index contributed by atoms with van der Waals surface area (Å²) >= 11 is 0. The second-order valence-electron chi connectivity index (χ2n) is 9.52. The van der Waals surface area contributed by atoms with Crippen LogP contribution in [0.3, 0.4) is 0 Å². The summed E-state index contributed by atoms with van der Waals surface area (Å²) in [5.74, 6) is -3.42. The molecule has 6 atom stereocenters. The SMILES string of the molecule is CC=C(C)C(=O)OCC1(O)C(=O)OC2C1CCC1(C)C(OC(=O)C(C)=CC)C(=O)C=C(C)C21. The van der Waals surface area contributed by atoms with Crippen LogP contribution in [0.25, 0.3) is 0 Å². The molecule has 33 heavy (non-hydrogen) atoms. The summed E-state index contributed by atoms with van der Waals surface area (Å²) < 4.78 is 16.5. The highest BCUT2D eigenvalue weighted by Gasteiger charge is 2.67. The molecule has 0 aromatic carbocycles. The van der Waals surface area contributed by atoms with Crippen molar-refractivity contribution >= 4 is 23.7 Å². The smallest absolute Gasteiger partial charge is 0.342 e. The highest BCUT2D eigenvalue weighted by Crippen LogP contribution is 2.57. The second kappa shape index (κ2) is 8.89. The fourth-order valence-corrected chi connectivity index (χ4v) is 5.30. The maximum absolute atomic E-state index is 12.9. The van der Waals surface area contributed by atoms with Gasteiger partial charge in [0.1, 0.15) is 12.7 Å². The number of carbonyl (C=O) groups excluding carboxylic acids is 4. The number of fused-ring (bicyclic) bond motifs is 3. The molecule has 8 nitrogen and oxygen atoms in total. The molecule has 2 fully saturated rings. The lowest BCUT2D eigenvalue weighted by Gasteiger charge is -2.52. The highest BCUT2D eigenvalue weighted by molar-refractivity contribution is 5.99. The quantitative estimate of drug-likeness (QED) is 0.378. The molecule has 1 saturated carbocycles. The topological polar surface area (TPSA) is 116 Å². The van der Waals surface area contributed by atoms with Gasteiger partial charge in [0.25, 0.3) is 0 Å². The van der Waals surface area contributed by atoms with E-state index < -0.39 is 59.6 Å². The van der Waals surface area contributed by atoms with E-state index in [1.807, 2.05) is 6.92 Å². The van der Waals surface area contributed by atoms with Crippen LogP contribution >= 0.6 is 0 Å². The van der Waals surface area contributed by atoms with Crippen LogP contribution < -0.4 is 0 Å². The van der Waals surface area contributed by atoms with Gasteiger partial charge in [-0.25, -0.2) is 14.4 Å². The number of allylic oxidation sites excluding steroid dienone is 2. The Labute approximate surface area is 193 Å². The largest absolute Gasteiger partial charge is 0.459 e. The fourth-order valence-electron chi connectivity index (χ4n) is 5.30. The van der Waals surface area contributed by atoms with Gasteiger partial charge in [0.2, 0.25) is 5.60 Å². The van der Waals surface area contributed by atoms with Gasteiger partial charge in [-0.3, -0.25) is 4.79 Å². The first kappa shape index (κ1) is 24.9. The van der Waals surface area contributed by atoms with E-state index in [0.29, 0.717) is 29.6 Å². The lowest BCUT2D eigenvalue weighted by atomic mass is 9.54. The third kappa shape index (κ3) is 4.05. The molecule has 2 aliphatic carbocycles. The zero-order chi connectivity index (χ0) is 24.7. The molecular weight excluding hydrogens is 428 g/mol. The normalized spacial score (nSPS) is 36.4. The van der Waals surface area contributed by atoms with Gasteiger partial charge in [0, 0.05) is 28.4 Å². The Kier molecular flexibility index (Phi) is 6.71. The van der Waals surface area contributed by atoms with E-state index in [1.165, 1.54) is 6.08 Å². The van der Waals surface area contributed by atoms with Crippen LogP contribution in [0.4, 0.5) is 0 Å². The van der Waals surface area contributed by atoms with E-state index >= 15 is 0 Å². The first-order chi connectivity index (χ1) is 15.4. The van der Waals surface area contributed by atoms with Gasteiger partial charge in [-0.1, -0.05) is 24.6 Å². The predicted molar refractivity (Wildman–Crippen MR) is 118 cm³/mol. The Morgan fingerprint density at radius 2 is 1.79 bits per heavy atom. The van der Waals surface area contributed by atoms with Gasteiger partial charge >= 0.3 is 17.9 Å². The van der Waals surface area contributed by atoms with Gasteiger partial charge in [-0.15, -0.1) is 0 Å².